The Morgan fingerprint density at radius 2 is 2.07 bits per heavy atom. The van der Waals surface area contributed by atoms with Gasteiger partial charge in [0.1, 0.15) is 11.6 Å². The number of fused-ring (bicyclic) bond motifs is 1. The SMILES string of the molecule is CC(Oc1cccc(Cl)c1)C(=O)Nc1cccc(-c2cn3c(n2)CCCC3)c1. The highest BCUT2D eigenvalue weighted by Crippen LogP contribution is 2.25. The van der Waals surface area contributed by atoms with Crippen LogP contribution in [0.2, 0.25) is 5.02 Å². The van der Waals surface area contributed by atoms with Crippen molar-refractivity contribution in [3.05, 3.63) is 65.6 Å². The summed E-state index contributed by atoms with van der Waals surface area (Å²) in [5.41, 5.74) is 2.65. The van der Waals surface area contributed by atoms with Gasteiger partial charge in [-0.15, -0.1) is 0 Å². The third-order valence-electron chi connectivity index (χ3n) is 4.81. The number of hydrogen-bond acceptors (Lipinski definition) is 3. The van der Waals surface area contributed by atoms with Gasteiger partial charge in [-0.1, -0.05) is 29.8 Å². The van der Waals surface area contributed by atoms with Crippen LogP contribution in [0, 0.1) is 0 Å². The second-order valence-corrected chi connectivity index (χ2v) is 7.42. The van der Waals surface area contributed by atoms with Gasteiger partial charge in [-0.3, -0.25) is 4.79 Å². The van der Waals surface area contributed by atoms with Crippen LogP contribution in [-0.4, -0.2) is 21.6 Å². The number of nitrogens with one attached hydrogen (secondary N) is 1. The molecule has 1 atom stereocenters. The van der Waals surface area contributed by atoms with Gasteiger partial charge in [-0.25, -0.2) is 4.98 Å². The van der Waals surface area contributed by atoms with Gasteiger partial charge < -0.3 is 14.6 Å². The fraction of sp³-hybridized carbons (Fsp3) is 0.273. The molecule has 28 heavy (non-hydrogen) atoms. The average Bonchev–Trinajstić information content (AvgIpc) is 3.12. The molecule has 144 valence electrons. The molecule has 3 aromatic rings. The van der Waals surface area contributed by atoms with Crippen LogP contribution in [0.3, 0.4) is 0 Å². The minimum Gasteiger partial charge on any atom is -0.481 e. The number of carbonyl (C=O) groups excluding carboxylic acids is 1. The molecular formula is C22H22ClN3O2. The van der Waals surface area contributed by atoms with Crippen molar-refractivity contribution >= 4 is 23.2 Å². The van der Waals surface area contributed by atoms with Gasteiger partial charge in [-0.05, 0) is 50.1 Å². The lowest BCUT2D eigenvalue weighted by atomic mass is 10.1. The topological polar surface area (TPSA) is 56.1 Å². The molecule has 2 aromatic carbocycles. The van der Waals surface area contributed by atoms with E-state index in [4.69, 9.17) is 21.3 Å². The van der Waals surface area contributed by atoms with Crippen molar-refractivity contribution in [2.45, 2.75) is 38.8 Å². The Labute approximate surface area is 169 Å². The summed E-state index contributed by atoms with van der Waals surface area (Å²) in [6.07, 6.45) is 4.86. The van der Waals surface area contributed by atoms with E-state index in [0.717, 1.165) is 35.7 Å². The summed E-state index contributed by atoms with van der Waals surface area (Å²) in [6.45, 7) is 2.74. The monoisotopic (exact) mass is 395 g/mol. The Kier molecular flexibility index (Phi) is 5.35. The van der Waals surface area contributed by atoms with E-state index in [1.54, 1.807) is 31.2 Å². The van der Waals surface area contributed by atoms with Crippen molar-refractivity contribution in [1.82, 2.24) is 9.55 Å². The van der Waals surface area contributed by atoms with Crippen LogP contribution in [0.25, 0.3) is 11.3 Å². The molecule has 0 aliphatic carbocycles. The fourth-order valence-corrected chi connectivity index (χ4v) is 3.53. The maximum atomic E-state index is 12.5. The zero-order chi connectivity index (χ0) is 19.5. The molecule has 4 rings (SSSR count). The Morgan fingerprint density at radius 3 is 2.89 bits per heavy atom. The molecule has 1 aliphatic rings. The van der Waals surface area contributed by atoms with Gasteiger partial charge in [0.05, 0.1) is 5.69 Å². The van der Waals surface area contributed by atoms with Gasteiger partial charge >= 0.3 is 0 Å². The van der Waals surface area contributed by atoms with Crippen LogP contribution in [0.15, 0.2) is 54.7 Å². The first-order chi connectivity index (χ1) is 13.6. The van der Waals surface area contributed by atoms with Gasteiger partial charge in [0.25, 0.3) is 5.91 Å². The van der Waals surface area contributed by atoms with Crippen LogP contribution in [0.4, 0.5) is 5.69 Å². The van der Waals surface area contributed by atoms with Crippen molar-refractivity contribution in [1.29, 1.82) is 0 Å². The van der Waals surface area contributed by atoms with Crippen molar-refractivity contribution in [2.24, 2.45) is 0 Å². The molecule has 1 amide bonds. The smallest absolute Gasteiger partial charge is 0.265 e. The Balaban J connectivity index is 1.45. The molecule has 0 spiro atoms. The number of hydrogen-bond donors (Lipinski definition) is 1. The molecule has 1 N–H and O–H groups in total. The van der Waals surface area contributed by atoms with Crippen LogP contribution >= 0.6 is 11.6 Å². The number of imidazole rings is 1. The number of aromatic nitrogens is 2. The molecule has 1 unspecified atom stereocenters. The van der Waals surface area contributed by atoms with Crippen molar-refractivity contribution in [3.63, 3.8) is 0 Å². The van der Waals surface area contributed by atoms with Crippen molar-refractivity contribution < 1.29 is 9.53 Å². The molecule has 0 saturated carbocycles. The zero-order valence-electron chi connectivity index (χ0n) is 15.7. The first-order valence-electron chi connectivity index (χ1n) is 9.48. The molecule has 0 bridgehead atoms. The fourth-order valence-electron chi connectivity index (χ4n) is 3.35. The van der Waals surface area contributed by atoms with Crippen LogP contribution in [0.1, 0.15) is 25.6 Å². The Hall–Kier alpha value is -2.79. The largest absolute Gasteiger partial charge is 0.481 e. The second kappa shape index (κ2) is 8.07. The van der Waals surface area contributed by atoms with Crippen LogP contribution in [-0.2, 0) is 17.8 Å². The highest BCUT2D eigenvalue weighted by atomic mass is 35.5. The first-order valence-corrected chi connectivity index (χ1v) is 9.86. The number of anilines is 1. The third-order valence-corrected chi connectivity index (χ3v) is 5.05. The lowest BCUT2D eigenvalue weighted by molar-refractivity contribution is -0.122. The number of nitrogens with zero attached hydrogens (tertiary/aromatic N) is 2. The number of benzene rings is 2. The second-order valence-electron chi connectivity index (χ2n) is 6.98. The third kappa shape index (κ3) is 4.20. The van der Waals surface area contributed by atoms with E-state index in [-0.39, 0.29) is 5.91 Å². The van der Waals surface area contributed by atoms with Gasteiger partial charge in [0.2, 0.25) is 0 Å². The summed E-state index contributed by atoms with van der Waals surface area (Å²) >= 11 is 5.96. The van der Waals surface area contributed by atoms with Crippen molar-refractivity contribution in [2.75, 3.05) is 5.32 Å². The number of carbonyl (C=O) groups is 1. The van der Waals surface area contributed by atoms with Crippen LogP contribution < -0.4 is 10.1 Å². The summed E-state index contributed by atoms with van der Waals surface area (Å²) < 4.78 is 7.91. The first kappa shape index (κ1) is 18.6. The standard InChI is InChI=1S/C22H22ClN3O2/c1-15(28-19-9-5-7-17(23)13-19)22(27)24-18-8-4-6-16(12-18)20-14-26-11-3-2-10-21(26)25-20/h4-9,12-15H,2-3,10-11H2,1H3,(H,24,27). The molecular weight excluding hydrogens is 374 g/mol. The lowest BCUT2D eigenvalue weighted by Gasteiger charge is -2.15. The van der Waals surface area contributed by atoms with Crippen LogP contribution in [0.5, 0.6) is 5.75 Å². The van der Waals surface area contributed by atoms with Gasteiger partial charge in [0.15, 0.2) is 6.10 Å². The Bertz CT molecular complexity index is 975. The lowest BCUT2D eigenvalue weighted by Crippen LogP contribution is -2.30. The van der Waals surface area contributed by atoms with E-state index in [1.165, 1.54) is 12.8 Å². The number of ether oxygens (including phenoxy) is 1. The number of halogens is 1. The number of rotatable bonds is 5. The summed E-state index contributed by atoms with van der Waals surface area (Å²) in [4.78, 5) is 17.3. The minimum atomic E-state index is -0.651. The highest BCUT2D eigenvalue weighted by Gasteiger charge is 2.17. The zero-order valence-corrected chi connectivity index (χ0v) is 16.4. The normalized spacial score (nSPS) is 14.2. The quantitative estimate of drug-likeness (QED) is 0.665. The van der Waals surface area contributed by atoms with E-state index in [9.17, 15) is 4.79 Å². The molecule has 2 heterocycles. The number of aryl methyl sites for hydroxylation is 2. The maximum absolute atomic E-state index is 12.5. The molecule has 0 fully saturated rings. The summed E-state index contributed by atoms with van der Waals surface area (Å²) in [5.74, 6) is 1.48. The van der Waals surface area contributed by atoms with Gasteiger partial charge in [0, 0.05) is 35.4 Å². The minimum absolute atomic E-state index is 0.221. The molecule has 0 saturated heterocycles. The summed E-state index contributed by atoms with van der Waals surface area (Å²) in [6, 6.07) is 14.8. The molecule has 6 heteroatoms. The summed E-state index contributed by atoms with van der Waals surface area (Å²) in [5, 5.41) is 3.49. The van der Waals surface area contributed by atoms with E-state index in [1.807, 2.05) is 24.3 Å². The summed E-state index contributed by atoms with van der Waals surface area (Å²) in [7, 11) is 0. The Morgan fingerprint density at radius 1 is 1.21 bits per heavy atom. The van der Waals surface area contributed by atoms with E-state index >= 15 is 0 Å². The highest BCUT2D eigenvalue weighted by molar-refractivity contribution is 6.30. The van der Waals surface area contributed by atoms with E-state index in [0.29, 0.717) is 10.8 Å². The van der Waals surface area contributed by atoms with Crippen molar-refractivity contribution in [3.8, 4) is 17.0 Å². The predicted molar refractivity (Wildman–Crippen MR) is 111 cm³/mol. The maximum Gasteiger partial charge on any atom is 0.265 e. The van der Waals surface area contributed by atoms with Gasteiger partial charge in [-0.2, -0.15) is 0 Å². The molecule has 5 nitrogen and oxygen atoms in total. The van der Waals surface area contributed by atoms with E-state index < -0.39 is 6.10 Å². The molecule has 0 radical (unpaired) electrons. The number of amides is 1. The van der Waals surface area contributed by atoms with E-state index in [2.05, 4.69) is 16.1 Å². The molecule has 1 aromatic heterocycles. The molecule has 1 aliphatic heterocycles. The average molecular weight is 396 g/mol. The predicted octanol–water partition coefficient (Wildman–Crippen LogP) is 4.95.